The van der Waals surface area contributed by atoms with Crippen LogP contribution in [0.15, 0.2) is 36.5 Å². The topological polar surface area (TPSA) is 86.1 Å². The zero-order chi connectivity index (χ0) is 25.4. The largest absolute Gasteiger partial charge is 0.453 e. The Bertz CT molecular complexity index is 1350. The molecule has 3 fully saturated rings. The number of hydrogen-bond acceptors (Lipinski definition) is 8. The number of rotatable bonds is 6. The number of ether oxygens (including phenoxy) is 1. The molecule has 1 unspecified atom stereocenters. The number of alkyl halides is 1. The molecule has 0 bridgehead atoms. The molecule has 0 amide bonds. The zero-order valence-electron chi connectivity index (χ0n) is 20.3. The molecule has 3 aromatic rings. The lowest BCUT2D eigenvalue weighted by molar-refractivity contribution is 0.0586. The summed E-state index contributed by atoms with van der Waals surface area (Å²) in [7, 11) is 0. The van der Waals surface area contributed by atoms with E-state index in [9.17, 15) is 14.0 Å². The molecule has 3 aliphatic rings. The quantitative estimate of drug-likeness (QED) is 0.399. The molecule has 2 N–H and O–H groups in total. The second kappa shape index (κ2) is 10.0. The second-order valence-electron chi connectivity index (χ2n) is 10.3. The number of aromatic nitrogens is 2. The van der Waals surface area contributed by atoms with Crippen molar-refractivity contribution in [1.82, 2.24) is 19.6 Å². The molecule has 1 saturated carbocycles. The fourth-order valence-electron chi connectivity index (χ4n) is 5.68. The molecule has 7 nitrogen and oxygen atoms in total. The van der Waals surface area contributed by atoms with E-state index in [-0.39, 0.29) is 11.3 Å². The molecule has 1 spiro atoms. The van der Waals surface area contributed by atoms with Crippen LogP contribution in [-0.2, 0) is 0 Å². The number of hydrogen-bond donors (Lipinski definition) is 2. The van der Waals surface area contributed by atoms with Crippen LogP contribution in [0.25, 0.3) is 11.0 Å². The number of benzene rings is 2. The standard InChI is InChI=1S/C27H28F2N6OS/c28-18-5-10-35(16-18)37-34-22-4-2-21(29)26(20(22)14-30)36-19-1-3-23-24(11-19)33-25(15-32-23)17-12-27(13-17)6-8-31-9-7-27/h1-4,11,15,17-18,31,34H,5-10,12-13,16H2. The summed E-state index contributed by atoms with van der Waals surface area (Å²) >= 11 is 1.21. The third-order valence-corrected chi connectivity index (χ3v) is 8.69. The van der Waals surface area contributed by atoms with Crippen molar-refractivity contribution in [2.45, 2.75) is 44.2 Å². The average molecular weight is 523 g/mol. The Kier molecular flexibility index (Phi) is 6.61. The normalized spacial score (nSPS) is 21.6. The highest BCUT2D eigenvalue weighted by atomic mass is 32.2. The van der Waals surface area contributed by atoms with E-state index < -0.39 is 12.0 Å². The number of nitrogens with zero attached hydrogens (tertiary/aromatic N) is 4. The van der Waals surface area contributed by atoms with Crippen LogP contribution in [0.2, 0.25) is 0 Å². The first-order chi connectivity index (χ1) is 18.0. The molecule has 6 rings (SSSR count). The van der Waals surface area contributed by atoms with Crippen molar-refractivity contribution in [3.63, 3.8) is 0 Å². The van der Waals surface area contributed by atoms with Gasteiger partial charge in [0.15, 0.2) is 11.6 Å². The minimum Gasteiger partial charge on any atom is -0.453 e. The molecular weight excluding hydrogens is 494 g/mol. The second-order valence-corrected chi connectivity index (χ2v) is 11.2. The minimum absolute atomic E-state index is 0.0464. The molecule has 2 aliphatic heterocycles. The predicted octanol–water partition coefficient (Wildman–Crippen LogP) is 5.70. The summed E-state index contributed by atoms with van der Waals surface area (Å²) in [5, 5.41) is 13.2. The number of anilines is 1. The van der Waals surface area contributed by atoms with Gasteiger partial charge in [-0.3, -0.25) is 4.98 Å². The smallest absolute Gasteiger partial charge is 0.182 e. The van der Waals surface area contributed by atoms with E-state index in [2.05, 4.69) is 15.0 Å². The molecule has 1 aliphatic carbocycles. The maximum absolute atomic E-state index is 14.8. The molecule has 1 atom stereocenters. The molecular formula is C27H28F2N6OS. The van der Waals surface area contributed by atoms with E-state index in [0.29, 0.717) is 47.8 Å². The third kappa shape index (κ3) is 4.96. The van der Waals surface area contributed by atoms with Gasteiger partial charge in [0.1, 0.15) is 23.6 Å². The molecule has 192 valence electrons. The summed E-state index contributed by atoms with van der Waals surface area (Å²) in [6.45, 7) is 3.08. The first-order valence-electron chi connectivity index (χ1n) is 12.7. The summed E-state index contributed by atoms with van der Waals surface area (Å²) < 4.78 is 39.1. The molecule has 3 heterocycles. The predicted molar refractivity (Wildman–Crippen MR) is 140 cm³/mol. The van der Waals surface area contributed by atoms with E-state index in [1.165, 1.54) is 37.1 Å². The lowest BCUT2D eigenvalue weighted by Gasteiger charge is -2.50. The van der Waals surface area contributed by atoms with Crippen LogP contribution in [0.1, 0.15) is 49.3 Å². The van der Waals surface area contributed by atoms with Crippen molar-refractivity contribution in [3.05, 3.63) is 53.6 Å². The highest BCUT2D eigenvalue weighted by Crippen LogP contribution is 2.55. The van der Waals surface area contributed by atoms with Gasteiger partial charge < -0.3 is 14.8 Å². The monoisotopic (exact) mass is 522 g/mol. The van der Waals surface area contributed by atoms with Gasteiger partial charge in [-0.2, -0.15) is 5.26 Å². The third-order valence-electron chi connectivity index (χ3n) is 7.79. The Morgan fingerprint density at radius 2 is 2.03 bits per heavy atom. The summed E-state index contributed by atoms with van der Waals surface area (Å²) in [5.41, 5.74) is 3.30. The van der Waals surface area contributed by atoms with E-state index in [4.69, 9.17) is 9.72 Å². The molecule has 10 heteroatoms. The summed E-state index contributed by atoms with van der Waals surface area (Å²) in [4.78, 5) is 9.47. The molecule has 2 saturated heterocycles. The Labute approximate surface area is 218 Å². The molecule has 2 aromatic carbocycles. The van der Waals surface area contributed by atoms with Crippen molar-refractivity contribution in [2.24, 2.45) is 5.41 Å². The number of halogens is 2. The van der Waals surface area contributed by atoms with Gasteiger partial charge in [0.25, 0.3) is 0 Å². The molecule has 37 heavy (non-hydrogen) atoms. The van der Waals surface area contributed by atoms with Gasteiger partial charge in [0, 0.05) is 43.4 Å². The van der Waals surface area contributed by atoms with Crippen LogP contribution in [0.3, 0.4) is 0 Å². The van der Waals surface area contributed by atoms with Gasteiger partial charge in [0.2, 0.25) is 0 Å². The first-order valence-corrected chi connectivity index (χ1v) is 13.5. The van der Waals surface area contributed by atoms with Gasteiger partial charge >= 0.3 is 0 Å². The lowest BCUT2D eigenvalue weighted by Crippen LogP contribution is -2.44. The number of piperidine rings is 1. The van der Waals surface area contributed by atoms with E-state index in [1.807, 2.05) is 16.6 Å². The Hall–Kier alpha value is -3.00. The number of fused-ring (bicyclic) bond motifs is 1. The van der Waals surface area contributed by atoms with Crippen LogP contribution in [-0.4, -0.2) is 46.6 Å². The highest BCUT2D eigenvalue weighted by molar-refractivity contribution is 7.98. The van der Waals surface area contributed by atoms with Crippen molar-refractivity contribution in [2.75, 3.05) is 30.9 Å². The summed E-state index contributed by atoms with van der Waals surface area (Å²) in [6, 6.07) is 10.0. The molecule has 0 radical (unpaired) electrons. The zero-order valence-corrected chi connectivity index (χ0v) is 21.2. The fourth-order valence-corrected chi connectivity index (χ4v) is 6.51. The van der Waals surface area contributed by atoms with E-state index >= 15 is 0 Å². The van der Waals surface area contributed by atoms with Crippen molar-refractivity contribution in [3.8, 4) is 17.6 Å². The fraction of sp³-hybridized carbons (Fsp3) is 0.444. The van der Waals surface area contributed by atoms with Gasteiger partial charge in [-0.25, -0.2) is 18.1 Å². The molecule has 1 aromatic heterocycles. The SMILES string of the molecule is N#Cc1c(NSN2CCC(F)C2)ccc(F)c1Oc1ccc2ncc(C3CC4(CCNCC4)C3)nc2c1. The van der Waals surface area contributed by atoms with Gasteiger partial charge in [-0.05, 0) is 74.9 Å². The van der Waals surface area contributed by atoms with Crippen LogP contribution in [0, 0.1) is 22.6 Å². The summed E-state index contributed by atoms with van der Waals surface area (Å²) in [5.74, 6) is -0.0138. The van der Waals surface area contributed by atoms with Gasteiger partial charge in [-0.15, -0.1) is 0 Å². The van der Waals surface area contributed by atoms with Crippen molar-refractivity contribution >= 4 is 28.9 Å². The van der Waals surface area contributed by atoms with Gasteiger partial charge in [0.05, 0.1) is 22.4 Å². The van der Waals surface area contributed by atoms with Crippen LogP contribution < -0.4 is 14.8 Å². The van der Waals surface area contributed by atoms with E-state index in [1.54, 1.807) is 18.2 Å². The number of nitriles is 1. The number of nitrogens with one attached hydrogen (secondary N) is 2. The summed E-state index contributed by atoms with van der Waals surface area (Å²) in [6.07, 6.45) is 6.21. The van der Waals surface area contributed by atoms with Gasteiger partial charge in [-0.1, -0.05) is 0 Å². The van der Waals surface area contributed by atoms with E-state index in [0.717, 1.165) is 37.1 Å². The van der Waals surface area contributed by atoms with Crippen LogP contribution >= 0.6 is 12.1 Å². The van der Waals surface area contributed by atoms with Crippen LogP contribution in [0.4, 0.5) is 14.5 Å². The Morgan fingerprint density at radius 1 is 1.19 bits per heavy atom. The maximum atomic E-state index is 14.8. The Balaban J connectivity index is 1.21. The maximum Gasteiger partial charge on any atom is 0.182 e. The van der Waals surface area contributed by atoms with Crippen molar-refractivity contribution in [1.29, 1.82) is 5.26 Å². The first kappa shape index (κ1) is 24.3. The minimum atomic E-state index is -0.858. The highest BCUT2D eigenvalue weighted by Gasteiger charge is 2.45. The van der Waals surface area contributed by atoms with Crippen molar-refractivity contribution < 1.29 is 13.5 Å². The Morgan fingerprint density at radius 3 is 2.78 bits per heavy atom. The average Bonchev–Trinajstić information content (AvgIpc) is 3.32. The van der Waals surface area contributed by atoms with Crippen LogP contribution in [0.5, 0.6) is 11.5 Å². The lowest BCUT2D eigenvalue weighted by atomic mass is 9.57.